The summed E-state index contributed by atoms with van der Waals surface area (Å²) in [6.07, 6.45) is 7.75. The fourth-order valence-electron chi connectivity index (χ4n) is 3.51. The minimum absolute atomic E-state index is 0.0469. The Morgan fingerprint density at radius 2 is 1.77 bits per heavy atom. The van der Waals surface area contributed by atoms with E-state index in [0.717, 1.165) is 6.42 Å². The van der Waals surface area contributed by atoms with E-state index in [4.69, 9.17) is 5.73 Å². The van der Waals surface area contributed by atoms with Crippen molar-refractivity contribution in [3.63, 3.8) is 0 Å². The van der Waals surface area contributed by atoms with Crippen LogP contribution in [0.5, 0.6) is 0 Å². The molecular formula is C21H39N3O2. The van der Waals surface area contributed by atoms with E-state index < -0.39 is 0 Å². The molecule has 5 heteroatoms. The van der Waals surface area contributed by atoms with Gasteiger partial charge in [0.05, 0.1) is 0 Å². The average Bonchev–Trinajstić information content (AvgIpc) is 2.50. The van der Waals surface area contributed by atoms with Gasteiger partial charge in [0.1, 0.15) is 5.84 Å². The van der Waals surface area contributed by atoms with Crippen molar-refractivity contribution in [2.75, 3.05) is 6.54 Å². The van der Waals surface area contributed by atoms with Crippen molar-refractivity contribution in [2.45, 2.75) is 86.0 Å². The number of nitrogens with two attached hydrogens (primary N) is 1. The van der Waals surface area contributed by atoms with Crippen molar-refractivity contribution in [1.82, 2.24) is 5.32 Å². The molecule has 0 bridgehead atoms. The largest absolute Gasteiger partial charge is 0.387 e. The van der Waals surface area contributed by atoms with E-state index in [-0.39, 0.29) is 23.1 Å². The summed E-state index contributed by atoms with van der Waals surface area (Å²) in [4.78, 5) is 28.8. The lowest BCUT2D eigenvalue weighted by atomic mass is 9.81. The molecule has 3 N–H and O–H groups in total. The number of amidine groups is 1. The molecule has 5 nitrogen and oxygen atoms in total. The normalized spacial score (nSPS) is 18.0. The Hall–Kier alpha value is -1.39. The van der Waals surface area contributed by atoms with Gasteiger partial charge in [0.15, 0.2) is 0 Å². The first kappa shape index (κ1) is 22.7. The van der Waals surface area contributed by atoms with Gasteiger partial charge in [0.25, 0.3) is 0 Å². The highest BCUT2D eigenvalue weighted by atomic mass is 16.2. The lowest BCUT2D eigenvalue weighted by Gasteiger charge is -2.26. The Morgan fingerprint density at radius 3 is 2.31 bits per heavy atom. The van der Waals surface area contributed by atoms with Crippen LogP contribution in [0.15, 0.2) is 4.99 Å². The highest BCUT2D eigenvalue weighted by molar-refractivity contribution is 5.95. The Labute approximate surface area is 159 Å². The SMILES string of the molecule is CC(C)CNC(=O)[C@H](CC(N)=NC(=O)CC(C)(C)C)CC1CCCCC1. The fourth-order valence-corrected chi connectivity index (χ4v) is 3.51. The van der Waals surface area contributed by atoms with E-state index in [0.29, 0.717) is 37.1 Å². The molecule has 1 saturated carbocycles. The molecule has 1 aliphatic rings. The number of aliphatic imine (C=N–C) groups is 1. The molecule has 0 heterocycles. The number of rotatable bonds is 8. The maximum Gasteiger partial charge on any atom is 0.247 e. The predicted octanol–water partition coefficient (Wildman–Crippen LogP) is 4.06. The summed E-state index contributed by atoms with van der Waals surface area (Å²) in [5, 5.41) is 3.03. The van der Waals surface area contributed by atoms with Gasteiger partial charge in [-0.05, 0) is 23.7 Å². The molecule has 150 valence electrons. The quantitative estimate of drug-likeness (QED) is 0.502. The molecular weight excluding hydrogens is 326 g/mol. The van der Waals surface area contributed by atoms with Crippen LogP contribution in [-0.4, -0.2) is 24.2 Å². The highest BCUT2D eigenvalue weighted by Crippen LogP contribution is 2.30. The summed E-state index contributed by atoms with van der Waals surface area (Å²) >= 11 is 0. The van der Waals surface area contributed by atoms with Crippen molar-refractivity contribution in [3.8, 4) is 0 Å². The number of hydrogen-bond acceptors (Lipinski definition) is 2. The molecule has 0 aliphatic heterocycles. The minimum atomic E-state index is -0.200. The van der Waals surface area contributed by atoms with E-state index in [1.807, 2.05) is 20.8 Å². The standard InChI is InChI=1S/C21H39N3O2/c1-15(2)14-23-20(26)17(11-16-9-7-6-8-10-16)12-18(22)24-19(25)13-21(3,4)5/h15-17H,6-14H2,1-5H3,(H,23,26)(H2,22,24,25)/t17-/m0/s1. The number of hydrogen-bond donors (Lipinski definition) is 2. The molecule has 1 aliphatic carbocycles. The first-order valence-corrected chi connectivity index (χ1v) is 10.2. The van der Waals surface area contributed by atoms with Crippen molar-refractivity contribution >= 4 is 17.6 Å². The van der Waals surface area contributed by atoms with Crippen LogP contribution >= 0.6 is 0 Å². The first-order chi connectivity index (χ1) is 12.1. The minimum Gasteiger partial charge on any atom is -0.387 e. The number of carbonyl (C=O) groups is 2. The molecule has 0 aromatic heterocycles. The van der Waals surface area contributed by atoms with Gasteiger partial charge in [-0.2, -0.15) is 0 Å². The molecule has 0 aromatic rings. The Kier molecular flexibility index (Phi) is 9.31. The van der Waals surface area contributed by atoms with Crippen molar-refractivity contribution in [1.29, 1.82) is 0 Å². The molecule has 2 amide bonds. The third-order valence-corrected chi connectivity index (χ3v) is 4.80. The molecule has 1 fully saturated rings. The zero-order chi connectivity index (χ0) is 19.7. The van der Waals surface area contributed by atoms with Gasteiger partial charge in [0.2, 0.25) is 11.8 Å². The van der Waals surface area contributed by atoms with E-state index in [1.54, 1.807) is 0 Å². The smallest absolute Gasteiger partial charge is 0.247 e. The van der Waals surface area contributed by atoms with Gasteiger partial charge >= 0.3 is 0 Å². The van der Waals surface area contributed by atoms with Crippen LogP contribution in [0.3, 0.4) is 0 Å². The summed E-state index contributed by atoms with van der Waals surface area (Å²) in [7, 11) is 0. The summed E-state index contributed by atoms with van der Waals surface area (Å²) < 4.78 is 0. The average molecular weight is 366 g/mol. The summed E-state index contributed by atoms with van der Waals surface area (Å²) in [6.45, 7) is 10.8. The van der Waals surface area contributed by atoms with Crippen LogP contribution in [0, 0.1) is 23.2 Å². The van der Waals surface area contributed by atoms with Gasteiger partial charge in [0, 0.05) is 25.3 Å². The maximum absolute atomic E-state index is 12.7. The van der Waals surface area contributed by atoms with E-state index in [1.165, 1.54) is 32.1 Å². The third-order valence-electron chi connectivity index (χ3n) is 4.80. The molecule has 0 spiro atoms. The number of carbonyl (C=O) groups excluding carboxylic acids is 2. The maximum atomic E-state index is 12.7. The third kappa shape index (κ3) is 9.93. The van der Waals surface area contributed by atoms with Crippen LogP contribution in [0.25, 0.3) is 0 Å². The fraction of sp³-hybridized carbons (Fsp3) is 0.857. The van der Waals surface area contributed by atoms with E-state index in [2.05, 4.69) is 24.2 Å². The van der Waals surface area contributed by atoms with Gasteiger partial charge in [-0.15, -0.1) is 0 Å². The van der Waals surface area contributed by atoms with Crippen molar-refractivity contribution in [3.05, 3.63) is 0 Å². The van der Waals surface area contributed by atoms with Crippen LogP contribution in [0.4, 0.5) is 0 Å². The van der Waals surface area contributed by atoms with Crippen LogP contribution < -0.4 is 11.1 Å². The Bertz CT molecular complexity index is 486. The van der Waals surface area contributed by atoms with Crippen molar-refractivity contribution < 1.29 is 9.59 Å². The van der Waals surface area contributed by atoms with Crippen LogP contribution in [0.2, 0.25) is 0 Å². The lowest BCUT2D eigenvalue weighted by Crippen LogP contribution is -2.36. The molecule has 1 atom stereocenters. The Morgan fingerprint density at radius 1 is 1.15 bits per heavy atom. The second-order valence-corrected chi connectivity index (χ2v) is 9.51. The van der Waals surface area contributed by atoms with Gasteiger partial charge in [-0.1, -0.05) is 66.7 Å². The van der Waals surface area contributed by atoms with Crippen molar-refractivity contribution in [2.24, 2.45) is 33.9 Å². The van der Waals surface area contributed by atoms with Crippen LogP contribution in [-0.2, 0) is 9.59 Å². The number of amides is 2. The predicted molar refractivity (Wildman–Crippen MR) is 108 cm³/mol. The number of nitrogens with zero attached hydrogens (tertiary/aromatic N) is 1. The first-order valence-electron chi connectivity index (χ1n) is 10.2. The van der Waals surface area contributed by atoms with Gasteiger partial charge in [-0.3, -0.25) is 9.59 Å². The molecule has 0 aromatic carbocycles. The summed E-state index contributed by atoms with van der Waals surface area (Å²) in [5.74, 6) is 0.938. The molecule has 26 heavy (non-hydrogen) atoms. The zero-order valence-corrected chi connectivity index (χ0v) is 17.4. The second kappa shape index (κ2) is 10.7. The second-order valence-electron chi connectivity index (χ2n) is 9.51. The molecule has 0 unspecified atom stereocenters. The Balaban J connectivity index is 2.72. The summed E-state index contributed by atoms with van der Waals surface area (Å²) in [5.41, 5.74) is 5.93. The van der Waals surface area contributed by atoms with Gasteiger partial charge in [-0.25, -0.2) is 4.99 Å². The molecule has 1 rings (SSSR count). The number of nitrogens with one attached hydrogen (secondary N) is 1. The summed E-state index contributed by atoms with van der Waals surface area (Å²) in [6, 6.07) is 0. The zero-order valence-electron chi connectivity index (χ0n) is 17.4. The van der Waals surface area contributed by atoms with E-state index in [9.17, 15) is 9.59 Å². The topological polar surface area (TPSA) is 84.6 Å². The van der Waals surface area contributed by atoms with Gasteiger partial charge < -0.3 is 11.1 Å². The highest BCUT2D eigenvalue weighted by Gasteiger charge is 2.26. The lowest BCUT2D eigenvalue weighted by molar-refractivity contribution is -0.125. The monoisotopic (exact) mass is 365 g/mol. The van der Waals surface area contributed by atoms with E-state index >= 15 is 0 Å². The van der Waals surface area contributed by atoms with Crippen LogP contribution in [0.1, 0.15) is 86.0 Å². The molecule has 0 saturated heterocycles. The molecule has 0 radical (unpaired) electrons.